The molecular formula is C24H28ClF2N7O2. The molecule has 2 saturated carbocycles. The maximum Gasteiger partial charge on any atom is 0.224 e. The number of nitrogens with one attached hydrogen (secondary N) is 2. The van der Waals surface area contributed by atoms with Crippen molar-refractivity contribution in [2.45, 2.75) is 69.6 Å². The van der Waals surface area contributed by atoms with Gasteiger partial charge in [-0.3, -0.25) is 9.36 Å². The summed E-state index contributed by atoms with van der Waals surface area (Å²) in [6.45, 7) is 0. The molecule has 12 heteroatoms. The van der Waals surface area contributed by atoms with Gasteiger partial charge in [-0.15, -0.1) is 0 Å². The highest BCUT2D eigenvalue weighted by Crippen LogP contribution is 2.38. The largest absolute Gasteiger partial charge is 0.393 e. The average molecular weight is 520 g/mol. The molecule has 2 atom stereocenters. The number of carbonyl (C=O) groups is 1. The molecule has 2 heterocycles. The zero-order valence-electron chi connectivity index (χ0n) is 19.6. The highest BCUT2D eigenvalue weighted by Gasteiger charge is 2.30. The molecule has 5 rings (SSSR count). The Morgan fingerprint density at radius 3 is 2.61 bits per heavy atom. The van der Waals surface area contributed by atoms with Gasteiger partial charge < -0.3 is 21.5 Å². The van der Waals surface area contributed by atoms with Gasteiger partial charge in [-0.2, -0.15) is 4.98 Å². The molecule has 2 fully saturated rings. The number of amides is 1. The average Bonchev–Trinajstić information content (AvgIpc) is 3.18. The van der Waals surface area contributed by atoms with Crippen LogP contribution < -0.4 is 16.4 Å². The van der Waals surface area contributed by atoms with Gasteiger partial charge in [0, 0.05) is 24.1 Å². The van der Waals surface area contributed by atoms with Crippen molar-refractivity contribution < 1.29 is 18.7 Å². The van der Waals surface area contributed by atoms with E-state index in [1.54, 1.807) is 6.20 Å². The Labute approximate surface area is 211 Å². The zero-order chi connectivity index (χ0) is 25.4. The van der Waals surface area contributed by atoms with E-state index in [4.69, 9.17) is 22.3 Å². The standard InChI is InChI=1S/C24H28ClF2N7O2/c25-17-8-13(26)9-18(27)20(17)32-24-31-19-11-29-23(30-14-2-1-3-16(35)10-14)33-22(19)34(24)15-6-4-12(5-7-15)21(28)36/h8-9,11-12,14-16,35H,1-7,10H2,(H2,28,36)(H,31,32)(H,29,30,33)/t12?,14?,15?,16-/m0/s1. The van der Waals surface area contributed by atoms with E-state index in [9.17, 15) is 18.7 Å². The van der Waals surface area contributed by atoms with Gasteiger partial charge in [0.15, 0.2) is 11.5 Å². The normalized spacial score (nSPS) is 24.6. The molecule has 0 radical (unpaired) electrons. The monoisotopic (exact) mass is 519 g/mol. The summed E-state index contributed by atoms with van der Waals surface area (Å²) in [7, 11) is 0. The van der Waals surface area contributed by atoms with Crippen molar-refractivity contribution in [1.29, 1.82) is 0 Å². The number of aromatic nitrogens is 4. The molecule has 2 aromatic heterocycles. The number of aliphatic hydroxyl groups excluding tert-OH is 1. The lowest BCUT2D eigenvalue weighted by atomic mass is 9.85. The summed E-state index contributed by atoms with van der Waals surface area (Å²) in [5, 5.41) is 16.1. The minimum absolute atomic E-state index is 0.0540. The molecular weight excluding hydrogens is 492 g/mol. The summed E-state index contributed by atoms with van der Waals surface area (Å²) in [4.78, 5) is 25.4. The Hall–Kier alpha value is -3.05. The van der Waals surface area contributed by atoms with Crippen molar-refractivity contribution in [2.75, 3.05) is 10.6 Å². The zero-order valence-corrected chi connectivity index (χ0v) is 20.3. The van der Waals surface area contributed by atoms with E-state index in [2.05, 4.69) is 20.6 Å². The smallest absolute Gasteiger partial charge is 0.224 e. The molecule has 0 bridgehead atoms. The third-order valence-electron chi connectivity index (χ3n) is 7.12. The van der Waals surface area contributed by atoms with Crippen LogP contribution in [0.15, 0.2) is 18.3 Å². The number of imidazole rings is 1. The second-order valence-electron chi connectivity index (χ2n) is 9.65. The summed E-state index contributed by atoms with van der Waals surface area (Å²) in [5.41, 5.74) is 6.44. The van der Waals surface area contributed by atoms with E-state index < -0.39 is 11.6 Å². The quantitative estimate of drug-likeness (QED) is 0.379. The van der Waals surface area contributed by atoms with Gasteiger partial charge in [-0.1, -0.05) is 11.6 Å². The van der Waals surface area contributed by atoms with Crippen molar-refractivity contribution in [2.24, 2.45) is 11.7 Å². The van der Waals surface area contributed by atoms with Crippen molar-refractivity contribution >= 4 is 46.3 Å². The van der Waals surface area contributed by atoms with Crippen LogP contribution in [0.25, 0.3) is 11.2 Å². The van der Waals surface area contributed by atoms with Crippen LogP contribution in [0.3, 0.4) is 0 Å². The molecule has 0 aliphatic heterocycles. The number of carbonyl (C=O) groups excluding carboxylic acids is 1. The minimum Gasteiger partial charge on any atom is -0.393 e. The van der Waals surface area contributed by atoms with Gasteiger partial charge in [0.2, 0.25) is 17.8 Å². The predicted molar refractivity (Wildman–Crippen MR) is 132 cm³/mol. The van der Waals surface area contributed by atoms with Crippen LogP contribution in [0.2, 0.25) is 5.02 Å². The van der Waals surface area contributed by atoms with Crippen LogP contribution in [0, 0.1) is 17.6 Å². The molecule has 1 unspecified atom stereocenters. The molecule has 2 aliphatic rings. The SMILES string of the molecule is NC(=O)C1CCC(n2c(Nc3c(F)cc(F)cc3Cl)nc3cnc(NC4CCC[C@H](O)C4)nc32)CC1. The molecule has 36 heavy (non-hydrogen) atoms. The Morgan fingerprint density at radius 2 is 1.92 bits per heavy atom. The van der Waals surface area contributed by atoms with Crippen molar-refractivity contribution in [3.05, 3.63) is 35.0 Å². The summed E-state index contributed by atoms with van der Waals surface area (Å²) < 4.78 is 30.1. The highest BCUT2D eigenvalue weighted by molar-refractivity contribution is 6.33. The number of nitrogens with zero attached hydrogens (tertiary/aromatic N) is 4. The van der Waals surface area contributed by atoms with E-state index in [-0.39, 0.29) is 40.7 Å². The van der Waals surface area contributed by atoms with Gasteiger partial charge in [0.05, 0.1) is 23.0 Å². The van der Waals surface area contributed by atoms with Crippen LogP contribution in [0.1, 0.15) is 57.4 Å². The van der Waals surface area contributed by atoms with E-state index >= 15 is 0 Å². The van der Waals surface area contributed by atoms with Crippen LogP contribution in [0.5, 0.6) is 0 Å². The number of aliphatic hydroxyl groups is 1. The van der Waals surface area contributed by atoms with Gasteiger partial charge >= 0.3 is 0 Å². The fourth-order valence-corrected chi connectivity index (χ4v) is 5.51. The van der Waals surface area contributed by atoms with Gasteiger partial charge in [-0.05, 0) is 57.4 Å². The number of fused-ring (bicyclic) bond motifs is 1. The Kier molecular flexibility index (Phi) is 6.94. The number of anilines is 3. The van der Waals surface area contributed by atoms with Crippen molar-refractivity contribution in [3.8, 4) is 0 Å². The summed E-state index contributed by atoms with van der Waals surface area (Å²) in [6.07, 6.45) is 6.99. The highest BCUT2D eigenvalue weighted by atomic mass is 35.5. The molecule has 1 amide bonds. The van der Waals surface area contributed by atoms with Crippen LogP contribution in [-0.4, -0.2) is 42.7 Å². The number of hydrogen-bond donors (Lipinski definition) is 4. The number of primary amides is 1. The maximum atomic E-state index is 14.6. The Bertz CT molecular complexity index is 1260. The van der Waals surface area contributed by atoms with E-state index in [0.29, 0.717) is 55.2 Å². The van der Waals surface area contributed by atoms with Crippen molar-refractivity contribution in [1.82, 2.24) is 19.5 Å². The van der Waals surface area contributed by atoms with Crippen LogP contribution >= 0.6 is 11.6 Å². The van der Waals surface area contributed by atoms with Crippen LogP contribution in [0.4, 0.5) is 26.4 Å². The maximum absolute atomic E-state index is 14.6. The number of hydrogen-bond acceptors (Lipinski definition) is 7. The fraction of sp³-hybridized carbons (Fsp3) is 0.500. The molecule has 9 nitrogen and oxygen atoms in total. The Balaban J connectivity index is 1.51. The second kappa shape index (κ2) is 10.1. The lowest BCUT2D eigenvalue weighted by Crippen LogP contribution is -2.30. The number of halogens is 3. The number of benzene rings is 1. The third-order valence-corrected chi connectivity index (χ3v) is 7.42. The van der Waals surface area contributed by atoms with E-state index in [1.807, 2.05) is 4.57 Å². The lowest BCUT2D eigenvalue weighted by molar-refractivity contribution is -0.122. The van der Waals surface area contributed by atoms with E-state index in [1.165, 1.54) is 0 Å². The molecule has 3 aromatic rings. The topological polar surface area (TPSA) is 131 Å². The number of rotatable bonds is 6. The predicted octanol–water partition coefficient (Wildman–Crippen LogP) is 4.43. The second-order valence-corrected chi connectivity index (χ2v) is 10.1. The Morgan fingerprint density at radius 1 is 1.14 bits per heavy atom. The van der Waals surface area contributed by atoms with Gasteiger partial charge in [0.1, 0.15) is 11.3 Å². The first-order chi connectivity index (χ1) is 17.3. The molecule has 0 spiro atoms. The first-order valence-corrected chi connectivity index (χ1v) is 12.6. The number of nitrogens with two attached hydrogens (primary N) is 1. The third kappa shape index (κ3) is 5.08. The molecule has 5 N–H and O–H groups in total. The molecule has 192 valence electrons. The van der Waals surface area contributed by atoms with Gasteiger partial charge in [0.25, 0.3) is 0 Å². The molecule has 2 aliphatic carbocycles. The summed E-state index contributed by atoms with van der Waals surface area (Å²) in [5.74, 6) is -1.44. The molecule has 0 saturated heterocycles. The van der Waals surface area contributed by atoms with E-state index in [0.717, 1.165) is 31.4 Å². The summed E-state index contributed by atoms with van der Waals surface area (Å²) in [6, 6.07) is 1.74. The molecule has 1 aromatic carbocycles. The lowest BCUT2D eigenvalue weighted by Gasteiger charge is -2.29. The minimum atomic E-state index is -0.847. The van der Waals surface area contributed by atoms with Gasteiger partial charge in [-0.25, -0.2) is 18.7 Å². The first-order valence-electron chi connectivity index (χ1n) is 12.2. The van der Waals surface area contributed by atoms with Crippen LogP contribution in [-0.2, 0) is 4.79 Å². The fourth-order valence-electron chi connectivity index (χ4n) is 5.26. The van der Waals surface area contributed by atoms with Crippen molar-refractivity contribution in [3.63, 3.8) is 0 Å². The first kappa shape index (κ1) is 24.6. The summed E-state index contributed by atoms with van der Waals surface area (Å²) >= 11 is 6.13.